The lowest BCUT2D eigenvalue weighted by Gasteiger charge is -2.27. The van der Waals surface area contributed by atoms with E-state index < -0.39 is 0 Å². The van der Waals surface area contributed by atoms with E-state index in [1.165, 1.54) is 31.3 Å². The van der Waals surface area contributed by atoms with E-state index in [1.807, 2.05) is 4.90 Å². The van der Waals surface area contributed by atoms with Crippen LogP contribution in [0.4, 0.5) is 4.79 Å². The number of ether oxygens (including phenoxy) is 1. The molecule has 0 radical (unpaired) electrons. The molecule has 1 heterocycles. The molecule has 1 aliphatic carbocycles. The average molecular weight is 238 g/mol. The normalized spacial score (nSPS) is 20.9. The number of hydrogen-bond acceptors (Lipinski definition) is 2. The van der Waals surface area contributed by atoms with Crippen LogP contribution in [0.1, 0.15) is 32.1 Å². The van der Waals surface area contributed by atoms with E-state index in [0.29, 0.717) is 26.3 Å². The fourth-order valence-electron chi connectivity index (χ4n) is 2.34. The molecule has 0 unspecified atom stereocenters. The summed E-state index contributed by atoms with van der Waals surface area (Å²) < 4.78 is 5.22. The van der Waals surface area contributed by atoms with Crippen molar-refractivity contribution in [1.82, 2.24) is 10.2 Å². The van der Waals surface area contributed by atoms with Crippen LogP contribution in [0, 0.1) is 0 Å². The first-order valence-electron chi connectivity index (χ1n) is 6.65. The molecule has 0 atom stereocenters. The molecule has 1 fully saturated rings. The molecule has 0 aromatic carbocycles. The van der Waals surface area contributed by atoms with Crippen LogP contribution in [0.5, 0.6) is 0 Å². The Morgan fingerprint density at radius 3 is 2.88 bits per heavy atom. The third-order valence-electron chi connectivity index (χ3n) is 3.41. The van der Waals surface area contributed by atoms with Gasteiger partial charge in [-0.2, -0.15) is 0 Å². The Kier molecular flexibility index (Phi) is 4.86. The van der Waals surface area contributed by atoms with Crippen LogP contribution in [0.3, 0.4) is 0 Å². The second-order valence-electron chi connectivity index (χ2n) is 4.69. The van der Waals surface area contributed by atoms with Gasteiger partial charge in [0.25, 0.3) is 0 Å². The highest BCUT2D eigenvalue weighted by molar-refractivity contribution is 5.74. The highest BCUT2D eigenvalue weighted by Gasteiger charge is 2.15. The Balaban J connectivity index is 1.63. The summed E-state index contributed by atoms with van der Waals surface area (Å²) in [4.78, 5) is 13.6. The second-order valence-corrected chi connectivity index (χ2v) is 4.69. The molecule has 0 spiro atoms. The zero-order valence-electron chi connectivity index (χ0n) is 10.4. The van der Waals surface area contributed by atoms with E-state index in [0.717, 1.165) is 13.0 Å². The highest BCUT2D eigenvalue weighted by atomic mass is 16.5. The fourth-order valence-corrected chi connectivity index (χ4v) is 2.34. The molecule has 2 rings (SSSR count). The molecule has 2 amide bonds. The molecule has 1 aliphatic heterocycles. The molecule has 0 aromatic rings. The van der Waals surface area contributed by atoms with Gasteiger partial charge in [-0.1, -0.05) is 11.6 Å². The zero-order chi connectivity index (χ0) is 11.9. The number of rotatable bonds is 3. The maximum atomic E-state index is 11.8. The summed E-state index contributed by atoms with van der Waals surface area (Å²) in [6, 6.07) is 0.0599. The molecule has 0 bridgehead atoms. The Bertz CT molecular complexity index is 283. The van der Waals surface area contributed by atoms with Gasteiger partial charge in [-0.05, 0) is 32.1 Å². The minimum Gasteiger partial charge on any atom is -0.378 e. The van der Waals surface area contributed by atoms with Crippen LogP contribution < -0.4 is 5.32 Å². The average Bonchev–Trinajstić information content (AvgIpc) is 2.41. The summed E-state index contributed by atoms with van der Waals surface area (Å²) in [5.41, 5.74) is 1.51. The molecule has 1 saturated heterocycles. The molecular formula is C13H22N2O2. The van der Waals surface area contributed by atoms with Crippen molar-refractivity contribution in [3.63, 3.8) is 0 Å². The maximum absolute atomic E-state index is 11.8. The third-order valence-corrected chi connectivity index (χ3v) is 3.41. The van der Waals surface area contributed by atoms with Gasteiger partial charge >= 0.3 is 6.03 Å². The van der Waals surface area contributed by atoms with Crippen molar-refractivity contribution in [2.24, 2.45) is 0 Å². The summed E-state index contributed by atoms with van der Waals surface area (Å²) in [6.07, 6.45) is 8.41. The van der Waals surface area contributed by atoms with E-state index in [1.54, 1.807) is 0 Å². The topological polar surface area (TPSA) is 41.6 Å². The van der Waals surface area contributed by atoms with E-state index >= 15 is 0 Å². The van der Waals surface area contributed by atoms with Gasteiger partial charge in [0.15, 0.2) is 0 Å². The summed E-state index contributed by atoms with van der Waals surface area (Å²) in [5, 5.41) is 2.99. The molecule has 96 valence electrons. The van der Waals surface area contributed by atoms with Crippen molar-refractivity contribution in [3.8, 4) is 0 Å². The Morgan fingerprint density at radius 2 is 2.18 bits per heavy atom. The second kappa shape index (κ2) is 6.64. The lowest BCUT2D eigenvalue weighted by atomic mass is 9.97. The van der Waals surface area contributed by atoms with E-state index in [-0.39, 0.29) is 6.03 Å². The minimum absolute atomic E-state index is 0.0599. The lowest BCUT2D eigenvalue weighted by molar-refractivity contribution is 0.0533. The van der Waals surface area contributed by atoms with Crippen molar-refractivity contribution in [2.45, 2.75) is 32.1 Å². The third kappa shape index (κ3) is 4.04. The van der Waals surface area contributed by atoms with Gasteiger partial charge in [0.2, 0.25) is 0 Å². The smallest absolute Gasteiger partial charge is 0.317 e. The van der Waals surface area contributed by atoms with E-state index in [4.69, 9.17) is 4.74 Å². The number of hydrogen-bond donors (Lipinski definition) is 1. The quantitative estimate of drug-likeness (QED) is 0.763. The Morgan fingerprint density at radius 1 is 1.35 bits per heavy atom. The summed E-state index contributed by atoms with van der Waals surface area (Å²) in [5.74, 6) is 0. The van der Waals surface area contributed by atoms with Crippen LogP contribution >= 0.6 is 0 Å². The number of carbonyl (C=O) groups is 1. The number of carbonyl (C=O) groups excluding carboxylic acids is 1. The number of morpholine rings is 1. The van der Waals surface area contributed by atoms with E-state index in [9.17, 15) is 4.79 Å². The van der Waals surface area contributed by atoms with Gasteiger partial charge in [-0.3, -0.25) is 0 Å². The molecular weight excluding hydrogens is 216 g/mol. The van der Waals surface area contributed by atoms with Crippen molar-refractivity contribution in [3.05, 3.63) is 11.6 Å². The number of nitrogens with zero attached hydrogens (tertiary/aromatic N) is 1. The fraction of sp³-hybridized carbons (Fsp3) is 0.769. The SMILES string of the molecule is O=C(NCCC1=CCCCC1)N1CCOCC1. The molecule has 0 saturated carbocycles. The standard InChI is InChI=1S/C13H22N2O2/c16-13(15-8-10-17-11-9-15)14-7-6-12-4-2-1-3-5-12/h4H,1-3,5-11H2,(H,14,16). The molecule has 17 heavy (non-hydrogen) atoms. The lowest BCUT2D eigenvalue weighted by Crippen LogP contribution is -2.46. The van der Waals surface area contributed by atoms with Crippen LogP contribution in [0.2, 0.25) is 0 Å². The van der Waals surface area contributed by atoms with Gasteiger partial charge in [-0.15, -0.1) is 0 Å². The molecule has 1 N–H and O–H groups in total. The first kappa shape index (κ1) is 12.4. The summed E-state index contributed by atoms with van der Waals surface area (Å²) in [7, 11) is 0. The minimum atomic E-state index is 0.0599. The van der Waals surface area contributed by atoms with Crippen LogP contribution in [-0.2, 0) is 4.74 Å². The van der Waals surface area contributed by atoms with Crippen LogP contribution in [0.15, 0.2) is 11.6 Å². The Labute approximate surface area is 103 Å². The monoisotopic (exact) mass is 238 g/mol. The van der Waals surface area contributed by atoms with Crippen molar-refractivity contribution < 1.29 is 9.53 Å². The number of amides is 2. The zero-order valence-corrected chi connectivity index (χ0v) is 10.4. The highest BCUT2D eigenvalue weighted by Crippen LogP contribution is 2.19. The van der Waals surface area contributed by atoms with Gasteiger partial charge < -0.3 is 15.0 Å². The van der Waals surface area contributed by atoms with Crippen molar-refractivity contribution in [1.29, 1.82) is 0 Å². The van der Waals surface area contributed by atoms with Crippen molar-refractivity contribution in [2.75, 3.05) is 32.8 Å². The van der Waals surface area contributed by atoms with Crippen molar-refractivity contribution >= 4 is 6.03 Å². The molecule has 4 heteroatoms. The van der Waals surface area contributed by atoms with Gasteiger partial charge in [-0.25, -0.2) is 4.79 Å². The largest absolute Gasteiger partial charge is 0.378 e. The molecule has 4 nitrogen and oxygen atoms in total. The van der Waals surface area contributed by atoms with Gasteiger partial charge in [0.1, 0.15) is 0 Å². The first-order valence-corrected chi connectivity index (χ1v) is 6.65. The van der Waals surface area contributed by atoms with Crippen LogP contribution in [0.25, 0.3) is 0 Å². The number of urea groups is 1. The number of nitrogens with one attached hydrogen (secondary N) is 1. The summed E-state index contributed by atoms with van der Waals surface area (Å²) in [6.45, 7) is 3.53. The first-order chi connectivity index (χ1) is 8.36. The van der Waals surface area contributed by atoms with E-state index in [2.05, 4.69) is 11.4 Å². The van der Waals surface area contributed by atoms with Gasteiger partial charge in [0, 0.05) is 19.6 Å². The molecule has 0 aromatic heterocycles. The van der Waals surface area contributed by atoms with Gasteiger partial charge in [0.05, 0.1) is 13.2 Å². The maximum Gasteiger partial charge on any atom is 0.317 e. The number of allylic oxidation sites excluding steroid dienone is 1. The van der Waals surface area contributed by atoms with Crippen LogP contribution in [-0.4, -0.2) is 43.8 Å². The predicted molar refractivity (Wildman–Crippen MR) is 67.0 cm³/mol. The predicted octanol–water partition coefficient (Wildman–Crippen LogP) is 1.92. The Hall–Kier alpha value is -1.03. The summed E-state index contributed by atoms with van der Waals surface area (Å²) >= 11 is 0. The molecule has 2 aliphatic rings.